The molecular formula is C14H16FNS. The molecule has 0 saturated heterocycles. The lowest BCUT2D eigenvalue weighted by Crippen LogP contribution is -2.14. The Hall–Kier alpha value is -1.19. The zero-order chi connectivity index (χ0) is 12.1. The second-order valence-corrected chi connectivity index (χ2v) is 4.90. The van der Waals surface area contributed by atoms with Crippen molar-refractivity contribution in [2.45, 2.75) is 18.8 Å². The van der Waals surface area contributed by atoms with E-state index in [1.165, 1.54) is 11.6 Å². The molecule has 2 rings (SSSR count). The van der Waals surface area contributed by atoms with Gasteiger partial charge in [-0.15, -0.1) is 0 Å². The monoisotopic (exact) mass is 249 g/mol. The first kappa shape index (κ1) is 12.3. The molecule has 90 valence electrons. The molecule has 1 nitrogen and oxygen atoms in total. The molecule has 0 bridgehead atoms. The lowest BCUT2D eigenvalue weighted by molar-refractivity contribution is 0.558. The number of hydrogen-bond donors (Lipinski definition) is 1. The topological polar surface area (TPSA) is 26.0 Å². The summed E-state index contributed by atoms with van der Waals surface area (Å²) in [6.45, 7) is 0.491. The van der Waals surface area contributed by atoms with Gasteiger partial charge >= 0.3 is 0 Å². The molecule has 1 atom stereocenters. The maximum atomic E-state index is 13.6. The molecular weight excluding hydrogens is 233 g/mol. The number of aryl methyl sites for hydroxylation is 1. The van der Waals surface area contributed by atoms with Crippen molar-refractivity contribution in [3.8, 4) is 0 Å². The van der Waals surface area contributed by atoms with Crippen LogP contribution < -0.4 is 5.73 Å². The van der Waals surface area contributed by atoms with Crippen LogP contribution in [-0.2, 0) is 6.42 Å². The molecule has 0 amide bonds. The fourth-order valence-electron chi connectivity index (χ4n) is 1.98. The van der Waals surface area contributed by atoms with Gasteiger partial charge in [0.1, 0.15) is 5.82 Å². The molecule has 1 heterocycles. The molecule has 17 heavy (non-hydrogen) atoms. The van der Waals surface area contributed by atoms with E-state index in [9.17, 15) is 4.39 Å². The van der Waals surface area contributed by atoms with E-state index in [0.717, 1.165) is 18.4 Å². The van der Waals surface area contributed by atoms with Crippen LogP contribution in [-0.4, -0.2) is 6.54 Å². The molecule has 0 fully saturated rings. The van der Waals surface area contributed by atoms with E-state index in [1.807, 2.05) is 12.1 Å². The first-order chi connectivity index (χ1) is 8.31. The van der Waals surface area contributed by atoms with Gasteiger partial charge in [-0.25, -0.2) is 4.39 Å². The number of nitrogens with two attached hydrogens (primary N) is 1. The molecule has 2 N–H and O–H groups in total. The van der Waals surface area contributed by atoms with Gasteiger partial charge in [0.05, 0.1) is 0 Å². The summed E-state index contributed by atoms with van der Waals surface area (Å²) in [5.41, 5.74) is 7.80. The van der Waals surface area contributed by atoms with Gasteiger partial charge in [0, 0.05) is 0 Å². The van der Waals surface area contributed by atoms with E-state index in [4.69, 9.17) is 5.73 Å². The van der Waals surface area contributed by atoms with Crippen LogP contribution in [0.3, 0.4) is 0 Å². The highest BCUT2D eigenvalue weighted by Crippen LogP contribution is 2.23. The highest BCUT2D eigenvalue weighted by atomic mass is 32.1. The van der Waals surface area contributed by atoms with E-state index >= 15 is 0 Å². The summed E-state index contributed by atoms with van der Waals surface area (Å²) in [6, 6.07) is 9.03. The van der Waals surface area contributed by atoms with Gasteiger partial charge in [0.15, 0.2) is 0 Å². The van der Waals surface area contributed by atoms with Crippen LogP contribution in [0.1, 0.15) is 23.5 Å². The minimum atomic E-state index is -0.145. The third-order valence-corrected chi connectivity index (χ3v) is 3.72. The van der Waals surface area contributed by atoms with Crippen LogP contribution >= 0.6 is 11.3 Å². The summed E-state index contributed by atoms with van der Waals surface area (Å²) in [5.74, 6) is -0.0376. The molecule has 0 saturated carbocycles. The van der Waals surface area contributed by atoms with Crippen molar-refractivity contribution < 1.29 is 4.39 Å². The van der Waals surface area contributed by atoms with Crippen molar-refractivity contribution in [2.75, 3.05) is 6.54 Å². The Morgan fingerprint density at radius 3 is 2.71 bits per heavy atom. The minimum absolute atomic E-state index is 0.107. The normalized spacial score (nSPS) is 12.6. The number of rotatable bonds is 5. The van der Waals surface area contributed by atoms with Gasteiger partial charge < -0.3 is 5.73 Å². The predicted molar refractivity (Wildman–Crippen MR) is 70.8 cm³/mol. The summed E-state index contributed by atoms with van der Waals surface area (Å²) in [4.78, 5) is 0. The van der Waals surface area contributed by atoms with Crippen molar-refractivity contribution in [1.82, 2.24) is 0 Å². The summed E-state index contributed by atoms with van der Waals surface area (Å²) in [7, 11) is 0. The molecule has 1 aromatic carbocycles. The van der Waals surface area contributed by atoms with Crippen molar-refractivity contribution in [2.24, 2.45) is 5.73 Å². The van der Waals surface area contributed by atoms with Crippen LogP contribution in [0.15, 0.2) is 41.1 Å². The van der Waals surface area contributed by atoms with Gasteiger partial charge in [0.2, 0.25) is 0 Å². The van der Waals surface area contributed by atoms with Crippen molar-refractivity contribution in [3.05, 3.63) is 58.0 Å². The van der Waals surface area contributed by atoms with E-state index in [2.05, 4.69) is 16.8 Å². The minimum Gasteiger partial charge on any atom is -0.330 e. The smallest absolute Gasteiger partial charge is 0.126 e. The lowest BCUT2D eigenvalue weighted by Gasteiger charge is -2.15. The Morgan fingerprint density at radius 2 is 2.06 bits per heavy atom. The predicted octanol–water partition coefficient (Wildman–Crippen LogP) is 3.56. The first-order valence-electron chi connectivity index (χ1n) is 5.77. The molecule has 1 unspecified atom stereocenters. The Balaban J connectivity index is 2.04. The van der Waals surface area contributed by atoms with Crippen molar-refractivity contribution >= 4 is 11.3 Å². The largest absolute Gasteiger partial charge is 0.330 e. The fraction of sp³-hybridized carbons (Fsp3) is 0.286. The van der Waals surface area contributed by atoms with Gasteiger partial charge in [-0.2, -0.15) is 11.3 Å². The molecule has 3 heteroatoms. The fourth-order valence-corrected chi connectivity index (χ4v) is 2.69. The molecule has 0 aliphatic carbocycles. The summed E-state index contributed by atoms with van der Waals surface area (Å²) in [6.07, 6.45) is 1.86. The van der Waals surface area contributed by atoms with E-state index < -0.39 is 0 Å². The average molecular weight is 249 g/mol. The van der Waals surface area contributed by atoms with E-state index in [1.54, 1.807) is 17.4 Å². The number of thiophene rings is 1. The lowest BCUT2D eigenvalue weighted by atomic mass is 9.92. The van der Waals surface area contributed by atoms with Crippen LogP contribution in [0.25, 0.3) is 0 Å². The molecule has 0 spiro atoms. The number of hydrogen-bond acceptors (Lipinski definition) is 2. The molecule has 0 aliphatic rings. The molecule has 2 aromatic rings. The van der Waals surface area contributed by atoms with E-state index in [-0.39, 0.29) is 11.7 Å². The summed E-state index contributed by atoms with van der Waals surface area (Å²) < 4.78 is 13.6. The standard InChI is InChI=1S/C14H16FNS/c15-14-4-2-1-3-13(14)12(9-16)6-5-11-7-8-17-10-11/h1-4,7-8,10,12H,5-6,9,16H2. The van der Waals surface area contributed by atoms with Crippen molar-refractivity contribution in [3.63, 3.8) is 0 Å². The third kappa shape index (κ3) is 3.14. The van der Waals surface area contributed by atoms with E-state index in [0.29, 0.717) is 6.54 Å². The zero-order valence-corrected chi connectivity index (χ0v) is 10.4. The zero-order valence-electron chi connectivity index (χ0n) is 9.60. The summed E-state index contributed by atoms with van der Waals surface area (Å²) in [5, 5.41) is 4.20. The van der Waals surface area contributed by atoms with Crippen LogP contribution in [0, 0.1) is 5.82 Å². The van der Waals surface area contributed by atoms with Gasteiger partial charge in [-0.3, -0.25) is 0 Å². The second kappa shape index (κ2) is 5.94. The molecule has 1 aromatic heterocycles. The maximum Gasteiger partial charge on any atom is 0.126 e. The van der Waals surface area contributed by atoms with Crippen molar-refractivity contribution in [1.29, 1.82) is 0 Å². The Morgan fingerprint density at radius 1 is 1.24 bits per heavy atom. The van der Waals surface area contributed by atoms with Gasteiger partial charge in [-0.05, 0) is 59.3 Å². The Labute approximate surface area is 105 Å². The molecule has 0 radical (unpaired) electrons. The second-order valence-electron chi connectivity index (χ2n) is 4.12. The SMILES string of the molecule is NCC(CCc1ccsc1)c1ccccc1F. The first-order valence-corrected chi connectivity index (χ1v) is 6.71. The highest BCUT2D eigenvalue weighted by Gasteiger charge is 2.13. The molecule has 0 aliphatic heterocycles. The van der Waals surface area contributed by atoms with Gasteiger partial charge in [-0.1, -0.05) is 18.2 Å². The maximum absolute atomic E-state index is 13.6. The summed E-state index contributed by atoms with van der Waals surface area (Å²) >= 11 is 1.69. The highest BCUT2D eigenvalue weighted by molar-refractivity contribution is 7.07. The van der Waals surface area contributed by atoms with Crippen LogP contribution in [0.2, 0.25) is 0 Å². The Kier molecular flexibility index (Phi) is 4.29. The van der Waals surface area contributed by atoms with Gasteiger partial charge in [0.25, 0.3) is 0 Å². The van der Waals surface area contributed by atoms with Crippen LogP contribution in [0.4, 0.5) is 4.39 Å². The third-order valence-electron chi connectivity index (χ3n) is 2.99. The number of halogens is 1. The number of benzene rings is 1. The average Bonchev–Trinajstić information content (AvgIpc) is 2.85. The van der Waals surface area contributed by atoms with Crippen LogP contribution in [0.5, 0.6) is 0 Å². The quantitative estimate of drug-likeness (QED) is 0.861. The Bertz CT molecular complexity index is 453.